The van der Waals surface area contributed by atoms with Gasteiger partial charge in [0.2, 0.25) is 10.0 Å². The lowest BCUT2D eigenvalue weighted by Gasteiger charge is -2.34. The Kier molecular flexibility index (Phi) is 3.77. The van der Waals surface area contributed by atoms with E-state index in [-0.39, 0.29) is 12.3 Å². The minimum Gasteiger partial charge on any atom is -0.481 e. The molecule has 0 amide bonds. The molecule has 0 aromatic heterocycles. The van der Waals surface area contributed by atoms with Crippen LogP contribution in [0.25, 0.3) is 0 Å². The summed E-state index contributed by atoms with van der Waals surface area (Å²) in [5.41, 5.74) is 1.82. The molecule has 0 spiro atoms. The standard InChI is InChI=1S/C12H16N2O4S/c13-19(17,18)6-5-14-8-10(12(15)16)7-9-3-1-2-4-11(9)14/h1-4,10H,5-8H2,(H,15,16)(H2,13,17,18). The number of aliphatic carboxylic acids is 1. The van der Waals surface area contributed by atoms with Crippen molar-refractivity contribution < 1.29 is 18.3 Å². The lowest BCUT2D eigenvalue weighted by Crippen LogP contribution is -2.41. The van der Waals surface area contributed by atoms with Gasteiger partial charge < -0.3 is 10.0 Å². The summed E-state index contributed by atoms with van der Waals surface area (Å²) in [7, 11) is -3.55. The van der Waals surface area contributed by atoms with Crippen LogP contribution in [0.4, 0.5) is 5.69 Å². The summed E-state index contributed by atoms with van der Waals surface area (Å²) in [6.07, 6.45) is 0.470. The SMILES string of the molecule is NS(=O)(=O)CCN1CC(C(=O)O)Cc2ccccc21. The Balaban J connectivity index is 2.24. The molecule has 1 aromatic carbocycles. The van der Waals surface area contributed by atoms with E-state index in [4.69, 9.17) is 10.2 Å². The minimum atomic E-state index is -3.55. The molecule has 0 saturated carbocycles. The second-order valence-electron chi connectivity index (χ2n) is 4.68. The van der Waals surface area contributed by atoms with E-state index in [9.17, 15) is 13.2 Å². The van der Waals surface area contributed by atoms with E-state index in [0.717, 1.165) is 11.3 Å². The van der Waals surface area contributed by atoms with Crippen LogP contribution in [0.2, 0.25) is 0 Å². The minimum absolute atomic E-state index is 0.187. The fraction of sp³-hybridized carbons (Fsp3) is 0.417. The monoisotopic (exact) mass is 284 g/mol. The highest BCUT2D eigenvalue weighted by Gasteiger charge is 2.29. The highest BCUT2D eigenvalue weighted by Crippen LogP contribution is 2.29. The maximum absolute atomic E-state index is 11.1. The van der Waals surface area contributed by atoms with Gasteiger partial charge in [0, 0.05) is 18.8 Å². The third kappa shape index (κ3) is 3.45. The van der Waals surface area contributed by atoms with Crippen LogP contribution in [0, 0.1) is 5.92 Å². The summed E-state index contributed by atoms with van der Waals surface area (Å²) in [5.74, 6) is -1.57. The summed E-state index contributed by atoms with van der Waals surface area (Å²) >= 11 is 0. The third-order valence-electron chi connectivity index (χ3n) is 3.23. The van der Waals surface area contributed by atoms with Crippen LogP contribution in [-0.4, -0.2) is 38.3 Å². The molecule has 104 valence electrons. The first-order valence-corrected chi connectivity index (χ1v) is 7.64. The molecule has 1 aromatic rings. The fourth-order valence-corrected chi connectivity index (χ4v) is 2.78. The normalized spacial score (nSPS) is 19.0. The maximum Gasteiger partial charge on any atom is 0.308 e. The van der Waals surface area contributed by atoms with Gasteiger partial charge in [0.05, 0.1) is 11.7 Å². The molecule has 7 heteroatoms. The van der Waals surface area contributed by atoms with Crippen molar-refractivity contribution in [3.8, 4) is 0 Å². The molecule has 19 heavy (non-hydrogen) atoms. The van der Waals surface area contributed by atoms with Crippen LogP contribution in [-0.2, 0) is 21.2 Å². The average Bonchev–Trinajstić information content (AvgIpc) is 2.34. The molecule has 0 fully saturated rings. The molecule has 3 N–H and O–H groups in total. The van der Waals surface area contributed by atoms with E-state index in [2.05, 4.69) is 0 Å². The Labute approximate surface area is 111 Å². The molecule has 0 aliphatic carbocycles. The lowest BCUT2D eigenvalue weighted by atomic mass is 9.92. The second-order valence-corrected chi connectivity index (χ2v) is 6.41. The number of carbonyl (C=O) groups is 1. The van der Waals surface area contributed by atoms with Crippen molar-refractivity contribution in [2.45, 2.75) is 6.42 Å². The molecule has 1 atom stereocenters. The van der Waals surface area contributed by atoms with Gasteiger partial charge in [-0.3, -0.25) is 4.79 Å². The van der Waals surface area contributed by atoms with Crippen molar-refractivity contribution in [2.75, 3.05) is 23.7 Å². The lowest BCUT2D eigenvalue weighted by molar-refractivity contribution is -0.141. The van der Waals surface area contributed by atoms with Gasteiger partial charge in [-0.1, -0.05) is 18.2 Å². The van der Waals surface area contributed by atoms with Crippen molar-refractivity contribution in [3.63, 3.8) is 0 Å². The summed E-state index contributed by atoms with van der Waals surface area (Å²) in [6.45, 7) is 0.515. The molecular formula is C12H16N2O4S. The molecule has 1 aliphatic rings. The first kappa shape index (κ1) is 13.8. The Bertz CT molecular complexity index is 585. The first-order valence-electron chi connectivity index (χ1n) is 5.93. The van der Waals surface area contributed by atoms with E-state index in [1.807, 2.05) is 24.3 Å². The number of carboxylic acid groups (broad SMARTS) is 1. The average molecular weight is 284 g/mol. The topological polar surface area (TPSA) is 101 Å². The Morgan fingerprint density at radius 2 is 2.11 bits per heavy atom. The first-order chi connectivity index (χ1) is 8.87. The van der Waals surface area contributed by atoms with Crippen molar-refractivity contribution in [2.24, 2.45) is 11.1 Å². The Morgan fingerprint density at radius 3 is 2.74 bits per heavy atom. The molecule has 6 nitrogen and oxygen atoms in total. The van der Waals surface area contributed by atoms with Crippen LogP contribution in [0.1, 0.15) is 5.56 Å². The number of benzene rings is 1. The number of para-hydroxylation sites is 1. The van der Waals surface area contributed by atoms with Crippen LogP contribution < -0.4 is 10.0 Å². The molecule has 2 rings (SSSR count). The van der Waals surface area contributed by atoms with Crippen molar-refractivity contribution >= 4 is 21.7 Å². The van der Waals surface area contributed by atoms with Crippen molar-refractivity contribution in [3.05, 3.63) is 29.8 Å². The number of nitrogens with two attached hydrogens (primary N) is 1. The molecule has 1 unspecified atom stereocenters. The molecule has 0 saturated heterocycles. The fourth-order valence-electron chi connectivity index (χ4n) is 2.30. The highest BCUT2D eigenvalue weighted by molar-refractivity contribution is 7.89. The van der Waals surface area contributed by atoms with E-state index in [1.165, 1.54) is 0 Å². The van der Waals surface area contributed by atoms with Gasteiger partial charge in [-0.05, 0) is 18.1 Å². The zero-order valence-electron chi connectivity index (χ0n) is 10.3. The Hall–Kier alpha value is -1.60. The summed E-state index contributed by atoms with van der Waals surface area (Å²) < 4.78 is 22.1. The van der Waals surface area contributed by atoms with Crippen LogP contribution >= 0.6 is 0 Å². The summed E-state index contributed by atoms with van der Waals surface area (Å²) in [4.78, 5) is 12.9. The van der Waals surface area contributed by atoms with Gasteiger partial charge >= 0.3 is 5.97 Å². The quantitative estimate of drug-likeness (QED) is 0.813. The maximum atomic E-state index is 11.1. The Morgan fingerprint density at radius 1 is 1.42 bits per heavy atom. The number of rotatable bonds is 4. The number of fused-ring (bicyclic) bond motifs is 1. The summed E-state index contributed by atoms with van der Waals surface area (Å²) in [5, 5.41) is 14.1. The number of hydrogen-bond donors (Lipinski definition) is 2. The van der Waals surface area contributed by atoms with Crippen LogP contribution in [0.15, 0.2) is 24.3 Å². The smallest absolute Gasteiger partial charge is 0.308 e. The van der Waals surface area contributed by atoms with Gasteiger partial charge in [0.1, 0.15) is 0 Å². The number of anilines is 1. The largest absolute Gasteiger partial charge is 0.481 e. The van der Waals surface area contributed by atoms with Crippen LogP contribution in [0.5, 0.6) is 0 Å². The van der Waals surface area contributed by atoms with Gasteiger partial charge in [0.25, 0.3) is 0 Å². The van der Waals surface area contributed by atoms with Crippen molar-refractivity contribution in [1.29, 1.82) is 0 Å². The van der Waals surface area contributed by atoms with Gasteiger partial charge in [0.15, 0.2) is 0 Å². The third-order valence-corrected chi connectivity index (χ3v) is 3.99. The van der Waals surface area contributed by atoms with Gasteiger partial charge in [-0.25, -0.2) is 13.6 Å². The predicted molar refractivity (Wildman–Crippen MR) is 71.5 cm³/mol. The van der Waals surface area contributed by atoms with Gasteiger partial charge in [-0.15, -0.1) is 0 Å². The number of nitrogens with zero attached hydrogens (tertiary/aromatic N) is 1. The zero-order valence-corrected chi connectivity index (χ0v) is 11.1. The van der Waals surface area contributed by atoms with Gasteiger partial charge in [-0.2, -0.15) is 0 Å². The highest BCUT2D eigenvalue weighted by atomic mass is 32.2. The van der Waals surface area contributed by atoms with E-state index >= 15 is 0 Å². The predicted octanol–water partition coefficient (Wildman–Crippen LogP) is 0.0384. The van der Waals surface area contributed by atoms with Crippen LogP contribution in [0.3, 0.4) is 0 Å². The van der Waals surface area contributed by atoms with E-state index < -0.39 is 21.9 Å². The number of sulfonamides is 1. The molecule has 0 bridgehead atoms. The molecule has 1 aliphatic heterocycles. The van der Waals surface area contributed by atoms with E-state index in [0.29, 0.717) is 13.0 Å². The number of carboxylic acids is 1. The number of primary sulfonamides is 1. The molecular weight excluding hydrogens is 268 g/mol. The van der Waals surface area contributed by atoms with Crippen molar-refractivity contribution in [1.82, 2.24) is 0 Å². The number of hydrogen-bond acceptors (Lipinski definition) is 4. The zero-order chi connectivity index (χ0) is 14.0. The molecule has 0 radical (unpaired) electrons. The summed E-state index contributed by atoms with van der Waals surface area (Å²) in [6, 6.07) is 7.44. The van der Waals surface area contributed by atoms with E-state index in [1.54, 1.807) is 4.90 Å². The molecule has 1 heterocycles. The second kappa shape index (κ2) is 5.18.